The van der Waals surface area contributed by atoms with Gasteiger partial charge in [0.15, 0.2) is 0 Å². The number of nitrogens with zero attached hydrogens (tertiary/aromatic N) is 1. The van der Waals surface area contributed by atoms with E-state index in [4.69, 9.17) is 9.47 Å². The number of hydrogen-bond donors (Lipinski definition) is 1. The molecule has 3 aromatic carbocycles. The maximum Gasteiger partial charge on any atom is 0.296 e. The molecule has 0 aromatic heterocycles. The van der Waals surface area contributed by atoms with Gasteiger partial charge in [-0.15, -0.1) is 0 Å². The van der Waals surface area contributed by atoms with Gasteiger partial charge < -0.3 is 14.8 Å². The largest absolute Gasteiger partial charge is 0.492 e. The number of para-hydroxylation sites is 1. The lowest BCUT2D eigenvalue weighted by Gasteiger charge is -2.26. The van der Waals surface area contributed by atoms with Gasteiger partial charge in [-0.05, 0) is 34.6 Å². The number of carbonyl (C=O) groups is 2. The number of fused-ring (bicyclic) bond motifs is 1. The third-order valence-electron chi connectivity index (χ3n) is 6.09. The Labute approximate surface area is 200 Å². The van der Waals surface area contributed by atoms with Gasteiger partial charge in [0.2, 0.25) is 0 Å². The molecule has 3 aromatic rings. The van der Waals surface area contributed by atoms with Crippen LogP contribution in [-0.4, -0.2) is 56.0 Å². The first-order valence-electron chi connectivity index (χ1n) is 11.7. The molecule has 178 valence electrons. The monoisotopic (exact) mass is 460 g/mol. The van der Waals surface area contributed by atoms with Gasteiger partial charge in [0.05, 0.1) is 13.2 Å². The van der Waals surface area contributed by atoms with E-state index in [1.807, 2.05) is 48.5 Å². The van der Waals surface area contributed by atoms with Crippen molar-refractivity contribution in [2.24, 2.45) is 0 Å². The minimum Gasteiger partial charge on any atom is -0.492 e. The Bertz CT molecular complexity index is 1180. The fourth-order valence-electron chi connectivity index (χ4n) is 4.25. The van der Waals surface area contributed by atoms with Crippen LogP contribution in [0, 0.1) is 0 Å². The van der Waals surface area contributed by atoms with E-state index in [9.17, 15) is 9.59 Å². The van der Waals surface area contributed by atoms with Gasteiger partial charge in [-0.3, -0.25) is 14.5 Å². The highest BCUT2D eigenvalue weighted by atomic mass is 16.5. The standard InChI is InChI=1S/C28H32N2O4/c1-28(2,3)23-10-6-7-11-24(23)29-27(32)26(31)22-12-13-25(21-9-5-4-8-20(21)22)34-19-16-30-14-17-33-18-15-30/h4-13H,14-19H2,1-3H3,(H,29,32). The summed E-state index contributed by atoms with van der Waals surface area (Å²) < 4.78 is 11.5. The molecular formula is C28H32N2O4. The van der Waals surface area contributed by atoms with E-state index in [-0.39, 0.29) is 5.41 Å². The van der Waals surface area contributed by atoms with Gasteiger partial charge in [-0.25, -0.2) is 0 Å². The summed E-state index contributed by atoms with van der Waals surface area (Å²) >= 11 is 0. The van der Waals surface area contributed by atoms with Crippen LogP contribution in [-0.2, 0) is 14.9 Å². The minimum atomic E-state index is -0.650. The summed E-state index contributed by atoms with van der Waals surface area (Å²) in [5, 5.41) is 4.35. The van der Waals surface area contributed by atoms with Crippen molar-refractivity contribution in [2.45, 2.75) is 26.2 Å². The first-order chi connectivity index (χ1) is 16.3. The van der Waals surface area contributed by atoms with Crippen molar-refractivity contribution in [3.05, 3.63) is 71.8 Å². The van der Waals surface area contributed by atoms with Crippen LogP contribution < -0.4 is 10.1 Å². The number of ketones is 1. The molecule has 1 N–H and O–H groups in total. The van der Waals surface area contributed by atoms with Gasteiger partial charge in [0.25, 0.3) is 11.7 Å². The lowest BCUT2D eigenvalue weighted by molar-refractivity contribution is -0.112. The maximum atomic E-state index is 13.2. The highest BCUT2D eigenvalue weighted by Crippen LogP contribution is 2.31. The van der Waals surface area contributed by atoms with Crippen molar-refractivity contribution < 1.29 is 19.1 Å². The molecule has 0 unspecified atom stereocenters. The van der Waals surface area contributed by atoms with Crippen LogP contribution >= 0.6 is 0 Å². The summed E-state index contributed by atoms with van der Waals surface area (Å²) in [7, 11) is 0. The van der Waals surface area contributed by atoms with Gasteiger partial charge >= 0.3 is 0 Å². The van der Waals surface area contributed by atoms with Crippen molar-refractivity contribution >= 4 is 28.2 Å². The molecular weight excluding hydrogens is 428 g/mol. The first-order valence-corrected chi connectivity index (χ1v) is 11.7. The number of rotatable bonds is 7. The van der Waals surface area contributed by atoms with E-state index in [0.717, 1.165) is 43.8 Å². The van der Waals surface area contributed by atoms with Crippen molar-refractivity contribution in [3.8, 4) is 5.75 Å². The zero-order chi connectivity index (χ0) is 24.1. The molecule has 1 aliphatic rings. The average molecular weight is 461 g/mol. The third kappa shape index (κ3) is 5.46. The van der Waals surface area contributed by atoms with Crippen LogP contribution in [0.15, 0.2) is 60.7 Å². The lowest BCUT2D eigenvalue weighted by atomic mass is 9.86. The summed E-state index contributed by atoms with van der Waals surface area (Å²) in [5.41, 5.74) is 1.83. The normalized spacial score (nSPS) is 14.7. The predicted molar refractivity (Wildman–Crippen MR) is 135 cm³/mol. The van der Waals surface area contributed by atoms with Crippen molar-refractivity contribution in [1.82, 2.24) is 4.90 Å². The zero-order valence-corrected chi connectivity index (χ0v) is 20.1. The molecule has 1 heterocycles. The maximum absolute atomic E-state index is 13.2. The Balaban J connectivity index is 1.52. The summed E-state index contributed by atoms with van der Waals surface area (Å²) in [4.78, 5) is 28.5. The number of hydrogen-bond acceptors (Lipinski definition) is 5. The molecule has 0 spiro atoms. The Morgan fingerprint density at radius 2 is 1.62 bits per heavy atom. The number of carbonyl (C=O) groups excluding carboxylic acids is 2. The third-order valence-corrected chi connectivity index (χ3v) is 6.09. The Morgan fingerprint density at radius 1 is 0.941 bits per heavy atom. The fourth-order valence-corrected chi connectivity index (χ4v) is 4.25. The molecule has 0 atom stereocenters. The second-order valence-electron chi connectivity index (χ2n) is 9.54. The van der Waals surface area contributed by atoms with Crippen LogP contribution in [0.25, 0.3) is 10.8 Å². The van der Waals surface area contributed by atoms with Crippen molar-refractivity contribution in [3.63, 3.8) is 0 Å². The minimum absolute atomic E-state index is 0.167. The number of benzene rings is 3. The summed E-state index contributed by atoms with van der Waals surface area (Å²) in [6.45, 7) is 10.9. The van der Waals surface area contributed by atoms with Crippen LogP contribution in [0.5, 0.6) is 5.75 Å². The Morgan fingerprint density at radius 3 is 2.35 bits per heavy atom. The molecule has 0 saturated carbocycles. The van der Waals surface area contributed by atoms with Crippen molar-refractivity contribution in [1.29, 1.82) is 0 Å². The lowest BCUT2D eigenvalue weighted by Crippen LogP contribution is -2.38. The molecule has 1 saturated heterocycles. The van der Waals surface area contributed by atoms with E-state index in [2.05, 4.69) is 31.0 Å². The summed E-state index contributed by atoms with van der Waals surface area (Å²) in [5.74, 6) is -0.512. The second-order valence-corrected chi connectivity index (χ2v) is 9.54. The molecule has 6 heteroatoms. The van der Waals surface area contributed by atoms with Gasteiger partial charge in [0.1, 0.15) is 12.4 Å². The molecule has 0 aliphatic carbocycles. The van der Waals surface area contributed by atoms with E-state index in [1.54, 1.807) is 12.1 Å². The average Bonchev–Trinajstić information content (AvgIpc) is 2.84. The second kappa shape index (κ2) is 10.4. The van der Waals surface area contributed by atoms with Gasteiger partial charge in [0, 0.05) is 36.3 Å². The number of morpholine rings is 1. The molecule has 0 radical (unpaired) electrons. The molecule has 1 aliphatic heterocycles. The van der Waals surface area contributed by atoms with Gasteiger partial charge in [-0.2, -0.15) is 0 Å². The highest BCUT2D eigenvalue weighted by molar-refractivity contribution is 6.48. The van der Waals surface area contributed by atoms with E-state index < -0.39 is 11.7 Å². The molecule has 4 rings (SSSR count). The van der Waals surface area contributed by atoms with Crippen LogP contribution in [0.1, 0.15) is 36.7 Å². The SMILES string of the molecule is CC(C)(C)c1ccccc1NC(=O)C(=O)c1ccc(OCCN2CCOCC2)c2ccccc12. The smallest absolute Gasteiger partial charge is 0.296 e. The zero-order valence-electron chi connectivity index (χ0n) is 20.1. The molecule has 0 bridgehead atoms. The topological polar surface area (TPSA) is 67.9 Å². The number of nitrogens with one attached hydrogen (secondary N) is 1. The predicted octanol–water partition coefficient (Wildman–Crippen LogP) is 4.67. The Kier molecular flexibility index (Phi) is 7.29. The van der Waals surface area contributed by atoms with Crippen molar-refractivity contribution in [2.75, 3.05) is 44.8 Å². The number of amides is 1. The van der Waals surface area contributed by atoms with E-state index in [0.29, 0.717) is 29.0 Å². The quantitative estimate of drug-likeness (QED) is 0.410. The van der Waals surface area contributed by atoms with Crippen LogP contribution in [0.4, 0.5) is 5.69 Å². The molecule has 6 nitrogen and oxygen atoms in total. The molecule has 1 amide bonds. The van der Waals surface area contributed by atoms with Crippen LogP contribution in [0.2, 0.25) is 0 Å². The fraction of sp³-hybridized carbons (Fsp3) is 0.357. The first kappa shape index (κ1) is 23.9. The van der Waals surface area contributed by atoms with E-state index in [1.165, 1.54) is 0 Å². The summed E-state index contributed by atoms with van der Waals surface area (Å²) in [6.07, 6.45) is 0. The van der Waals surface area contributed by atoms with Crippen LogP contribution in [0.3, 0.4) is 0 Å². The summed E-state index contributed by atoms with van der Waals surface area (Å²) in [6, 6.07) is 18.6. The number of ether oxygens (including phenoxy) is 2. The molecule has 34 heavy (non-hydrogen) atoms. The Hall–Kier alpha value is -3.22. The number of Topliss-reactive ketones (excluding diaryl/α,β-unsaturated/α-hetero) is 1. The molecule has 1 fully saturated rings. The van der Waals surface area contributed by atoms with Gasteiger partial charge in [-0.1, -0.05) is 63.2 Å². The highest BCUT2D eigenvalue weighted by Gasteiger charge is 2.23. The van der Waals surface area contributed by atoms with E-state index >= 15 is 0 Å². The number of anilines is 1.